The minimum absolute atomic E-state index is 0.0913. The highest BCUT2D eigenvalue weighted by Gasteiger charge is 2.45. The minimum Gasteiger partial charge on any atom is -0.507 e. The van der Waals surface area contributed by atoms with E-state index in [2.05, 4.69) is 0 Å². The van der Waals surface area contributed by atoms with Gasteiger partial charge in [-0.15, -0.1) is 0 Å². The number of halogens is 1. The Morgan fingerprint density at radius 1 is 1.11 bits per heavy atom. The highest BCUT2D eigenvalue weighted by Crippen LogP contribution is 2.40. The summed E-state index contributed by atoms with van der Waals surface area (Å²) in [6, 6.07) is 13.0. The normalized spacial score (nSPS) is 18.5. The fourth-order valence-corrected chi connectivity index (χ4v) is 3.46. The van der Waals surface area contributed by atoms with E-state index in [1.54, 1.807) is 43.5 Å². The number of unbranched alkanes of at least 4 members (excludes halogenated alkanes) is 1. The van der Waals surface area contributed by atoms with Crippen LogP contribution in [0.3, 0.4) is 0 Å². The number of carbonyl (C=O) groups excluding carboxylic acids is 2. The average molecular weight is 400 g/mol. The lowest BCUT2D eigenvalue weighted by Crippen LogP contribution is -2.30. The van der Waals surface area contributed by atoms with E-state index in [0.717, 1.165) is 18.4 Å². The molecule has 28 heavy (non-hydrogen) atoms. The Labute approximate surface area is 169 Å². The molecule has 6 heteroatoms. The SMILES string of the molecule is CCCCN1C(=O)C(=O)C(=C(O)c2ccc(Cl)cc2)[C@@H]1c1ccc(OC)cc1. The number of rotatable bonds is 6. The van der Waals surface area contributed by atoms with Gasteiger partial charge in [0.2, 0.25) is 0 Å². The van der Waals surface area contributed by atoms with E-state index >= 15 is 0 Å². The Bertz CT molecular complexity index is 903. The Morgan fingerprint density at radius 2 is 1.75 bits per heavy atom. The second kappa shape index (κ2) is 8.48. The van der Waals surface area contributed by atoms with Crippen LogP contribution in [0.4, 0.5) is 0 Å². The first-order valence-corrected chi connectivity index (χ1v) is 9.54. The predicted octanol–water partition coefficient (Wildman–Crippen LogP) is 4.57. The molecule has 0 unspecified atom stereocenters. The van der Waals surface area contributed by atoms with Crippen molar-refractivity contribution in [3.05, 3.63) is 70.3 Å². The topological polar surface area (TPSA) is 66.8 Å². The van der Waals surface area contributed by atoms with Gasteiger partial charge in [0.25, 0.3) is 11.7 Å². The Balaban J connectivity index is 2.13. The molecule has 0 aliphatic carbocycles. The quantitative estimate of drug-likeness (QED) is 0.439. The van der Waals surface area contributed by atoms with E-state index in [-0.39, 0.29) is 11.3 Å². The smallest absolute Gasteiger partial charge is 0.295 e. The van der Waals surface area contributed by atoms with Crippen LogP contribution >= 0.6 is 11.6 Å². The lowest BCUT2D eigenvalue weighted by Gasteiger charge is -2.25. The third-order valence-electron chi connectivity index (χ3n) is 4.84. The molecule has 1 amide bonds. The zero-order valence-electron chi connectivity index (χ0n) is 15.8. The van der Waals surface area contributed by atoms with Crippen LogP contribution in [0.1, 0.15) is 36.9 Å². The summed E-state index contributed by atoms with van der Waals surface area (Å²) in [6.07, 6.45) is 1.65. The molecule has 146 valence electrons. The molecule has 0 aromatic heterocycles. The molecule has 0 saturated carbocycles. The molecule has 1 aliphatic heterocycles. The zero-order chi connectivity index (χ0) is 20.3. The van der Waals surface area contributed by atoms with Crippen molar-refractivity contribution >= 4 is 29.1 Å². The lowest BCUT2D eigenvalue weighted by molar-refractivity contribution is -0.139. The van der Waals surface area contributed by atoms with E-state index in [4.69, 9.17) is 16.3 Å². The summed E-state index contributed by atoms with van der Waals surface area (Å²) in [7, 11) is 1.57. The molecule has 0 spiro atoms. The van der Waals surface area contributed by atoms with Crippen LogP contribution < -0.4 is 4.74 Å². The maximum atomic E-state index is 12.8. The molecule has 2 aromatic rings. The van der Waals surface area contributed by atoms with Crippen molar-refractivity contribution in [2.75, 3.05) is 13.7 Å². The number of ether oxygens (including phenoxy) is 1. The van der Waals surface area contributed by atoms with E-state index in [1.807, 2.05) is 19.1 Å². The van der Waals surface area contributed by atoms with E-state index in [9.17, 15) is 14.7 Å². The van der Waals surface area contributed by atoms with Gasteiger partial charge in [-0.1, -0.05) is 37.1 Å². The van der Waals surface area contributed by atoms with Crippen LogP contribution in [0.15, 0.2) is 54.1 Å². The first-order chi connectivity index (χ1) is 13.5. The molecule has 1 atom stereocenters. The lowest BCUT2D eigenvalue weighted by atomic mass is 9.95. The first kappa shape index (κ1) is 20.0. The number of benzene rings is 2. The van der Waals surface area contributed by atoms with Gasteiger partial charge < -0.3 is 14.7 Å². The summed E-state index contributed by atoms with van der Waals surface area (Å²) in [5, 5.41) is 11.4. The molecule has 0 radical (unpaired) electrons. The van der Waals surface area contributed by atoms with Crippen LogP contribution in [0.2, 0.25) is 5.02 Å². The van der Waals surface area contributed by atoms with Gasteiger partial charge in [0.05, 0.1) is 18.7 Å². The van der Waals surface area contributed by atoms with Crippen LogP contribution in [0, 0.1) is 0 Å². The monoisotopic (exact) mass is 399 g/mol. The number of methoxy groups -OCH3 is 1. The van der Waals surface area contributed by atoms with Crippen molar-refractivity contribution in [3.8, 4) is 5.75 Å². The number of likely N-dealkylation sites (tertiary alicyclic amines) is 1. The number of hydrogen-bond acceptors (Lipinski definition) is 4. The highest BCUT2D eigenvalue weighted by molar-refractivity contribution is 6.46. The van der Waals surface area contributed by atoms with Crippen molar-refractivity contribution in [2.24, 2.45) is 0 Å². The standard InChI is InChI=1S/C22H22ClNO4/c1-3-4-13-24-19(14-7-11-17(28-2)12-8-14)18(21(26)22(24)27)20(25)15-5-9-16(23)10-6-15/h5-12,19,25H,3-4,13H2,1-2H3/t19-/m0/s1. The van der Waals surface area contributed by atoms with Gasteiger partial charge in [-0.2, -0.15) is 0 Å². The highest BCUT2D eigenvalue weighted by atomic mass is 35.5. The molecule has 5 nitrogen and oxygen atoms in total. The molecule has 0 bridgehead atoms. The molecule has 1 aliphatic rings. The molecule has 2 aromatic carbocycles. The number of ketones is 1. The predicted molar refractivity (Wildman–Crippen MR) is 108 cm³/mol. The van der Waals surface area contributed by atoms with Gasteiger partial charge in [0, 0.05) is 17.1 Å². The number of Topliss-reactive ketones (excluding diaryl/α,β-unsaturated/α-hetero) is 1. The molecule has 1 N–H and O–H groups in total. The number of aliphatic hydroxyl groups is 1. The number of amides is 1. The summed E-state index contributed by atoms with van der Waals surface area (Å²) in [6.45, 7) is 2.46. The fraction of sp³-hybridized carbons (Fsp3) is 0.273. The molecule has 1 heterocycles. The second-order valence-corrected chi connectivity index (χ2v) is 7.06. The van der Waals surface area contributed by atoms with E-state index in [0.29, 0.717) is 22.9 Å². The van der Waals surface area contributed by atoms with Gasteiger partial charge in [0.1, 0.15) is 11.5 Å². The van der Waals surface area contributed by atoms with Gasteiger partial charge in [-0.3, -0.25) is 9.59 Å². The first-order valence-electron chi connectivity index (χ1n) is 9.16. The maximum Gasteiger partial charge on any atom is 0.295 e. The number of carbonyl (C=O) groups is 2. The van der Waals surface area contributed by atoms with Crippen LogP contribution in [0.25, 0.3) is 5.76 Å². The van der Waals surface area contributed by atoms with Gasteiger partial charge in [-0.25, -0.2) is 0 Å². The largest absolute Gasteiger partial charge is 0.507 e. The third kappa shape index (κ3) is 3.76. The fourth-order valence-electron chi connectivity index (χ4n) is 3.34. The molecule has 1 fully saturated rings. The Kier molecular flexibility index (Phi) is 6.05. The third-order valence-corrected chi connectivity index (χ3v) is 5.09. The van der Waals surface area contributed by atoms with E-state index in [1.165, 1.54) is 4.90 Å². The molecule has 3 rings (SSSR count). The maximum absolute atomic E-state index is 12.8. The number of nitrogens with zero attached hydrogens (tertiary/aromatic N) is 1. The minimum atomic E-state index is -0.677. The summed E-state index contributed by atoms with van der Waals surface area (Å²) in [5.41, 5.74) is 1.27. The van der Waals surface area contributed by atoms with Gasteiger partial charge >= 0.3 is 0 Å². The number of aliphatic hydroxyl groups excluding tert-OH is 1. The van der Waals surface area contributed by atoms with Gasteiger partial charge in [0.15, 0.2) is 0 Å². The van der Waals surface area contributed by atoms with Crippen molar-refractivity contribution in [1.82, 2.24) is 4.90 Å². The second-order valence-electron chi connectivity index (χ2n) is 6.63. The van der Waals surface area contributed by atoms with Crippen molar-refractivity contribution in [1.29, 1.82) is 0 Å². The van der Waals surface area contributed by atoms with Gasteiger partial charge in [-0.05, 0) is 48.4 Å². The molecular formula is C22H22ClNO4. The average Bonchev–Trinajstić information content (AvgIpc) is 2.97. The van der Waals surface area contributed by atoms with E-state index < -0.39 is 17.7 Å². The van der Waals surface area contributed by atoms with Crippen molar-refractivity contribution in [3.63, 3.8) is 0 Å². The summed E-state index contributed by atoms with van der Waals surface area (Å²) in [4.78, 5) is 27.0. The molecule has 1 saturated heterocycles. The zero-order valence-corrected chi connectivity index (χ0v) is 16.6. The Morgan fingerprint density at radius 3 is 2.32 bits per heavy atom. The molecular weight excluding hydrogens is 378 g/mol. The van der Waals surface area contributed by atoms with Crippen LogP contribution in [0.5, 0.6) is 5.75 Å². The van der Waals surface area contributed by atoms with Crippen LogP contribution in [-0.2, 0) is 9.59 Å². The summed E-state index contributed by atoms with van der Waals surface area (Å²) < 4.78 is 5.20. The van der Waals surface area contributed by atoms with Crippen molar-refractivity contribution in [2.45, 2.75) is 25.8 Å². The summed E-state index contributed by atoms with van der Waals surface area (Å²) >= 11 is 5.92. The Hall–Kier alpha value is -2.79. The summed E-state index contributed by atoms with van der Waals surface area (Å²) in [5.74, 6) is -0.795. The van der Waals surface area contributed by atoms with Crippen LogP contribution in [-0.4, -0.2) is 35.4 Å². The van der Waals surface area contributed by atoms with Crippen molar-refractivity contribution < 1.29 is 19.4 Å². The number of hydrogen-bond donors (Lipinski definition) is 1.